The molecular formula is C14H21NO. The Hall–Kier alpha value is -0.860. The summed E-state index contributed by atoms with van der Waals surface area (Å²) in [6, 6.07) is 9.22. The van der Waals surface area contributed by atoms with Crippen molar-refractivity contribution >= 4 is 0 Å². The third-order valence-corrected chi connectivity index (χ3v) is 3.47. The summed E-state index contributed by atoms with van der Waals surface area (Å²) < 4.78 is 6.00. The van der Waals surface area contributed by atoms with Gasteiger partial charge in [-0.15, -0.1) is 0 Å². The Kier molecular flexibility index (Phi) is 3.62. The van der Waals surface area contributed by atoms with Gasteiger partial charge in [0.1, 0.15) is 0 Å². The molecule has 0 amide bonds. The largest absolute Gasteiger partial charge is 0.368 e. The summed E-state index contributed by atoms with van der Waals surface area (Å²) in [5.74, 6) is 0. The lowest BCUT2D eigenvalue weighted by atomic mass is 10.0. The Labute approximate surface area is 98.0 Å². The highest BCUT2D eigenvalue weighted by atomic mass is 16.5. The molecule has 2 nitrogen and oxygen atoms in total. The van der Waals surface area contributed by atoms with Gasteiger partial charge >= 0.3 is 0 Å². The highest BCUT2D eigenvalue weighted by Crippen LogP contribution is 2.23. The van der Waals surface area contributed by atoms with E-state index in [1.807, 2.05) is 0 Å². The molecule has 0 bridgehead atoms. The molecule has 2 rings (SSSR count). The van der Waals surface area contributed by atoms with E-state index in [0.29, 0.717) is 6.04 Å². The molecule has 1 heterocycles. The van der Waals surface area contributed by atoms with Crippen molar-refractivity contribution in [2.24, 2.45) is 0 Å². The lowest BCUT2D eigenvalue weighted by Gasteiger charge is -2.34. The van der Waals surface area contributed by atoms with Crippen LogP contribution in [0.4, 0.5) is 0 Å². The molecule has 1 fully saturated rings. The van der Waals surface area contributed by atoms with Crippen molar-refractivity contribution in [1.29, 1.82) is 0 Å². The number of hydrogen-bond donors (Lipinski definition) is 1. The number of benzene rings is 1. The van der Waals surface area contributed by atoms with E-state index in [1.165, 1.54) is 11.1 Å². The second-order valence-electron chi connectivity index (χ2n) is 4.62. The monoisotopic (exact) mass is 219 g/mol. The first-order valence-corrected chi connectivity index (χ1v) is 6.18. The number of morpholine rings is 1. The Bertz CT molecular complexity index is 333. The summed E-state index contributed by atoms with van der Waals surface area (Å²) in [5, 5.41) is 3.48. The van der Waals surface area contributed by atoms with Crippen molar-refractivity contribution in [1.82, 2.24) is 5.32 Å². The van der Waals surface area contributed by atoms with Gasteiger partial charge in [0.25, 0.3) is 0 Å². The number of hydrogen-bond acceptors (Lipinski definition) is 2. The molecule has 1 aliphatic rings. The van der Waals surface area contributed by atoms with Gasteiger partial charge in [-0.3, -0.25) is 0 Å². The lowest BCUT2D eigenvalue weighted by Crippen LogP contribution is -2.46. The molecule has 3 unspecified atom stereocenters. The maximum absolute atomic E-state index is 6.00. The maximum Gasteiger partial charge on any atom is 0.0953 e. The zero-order valence-electron chi connectivity index (χ0n) is 10.4. The molecular weight excluding hydrogens is 198 g/mol. The van der Waals surface area contributed by atoms with Crippen molar-refractivity contribution in [2.45, 2.75) is 45.4 Å². The van der Waals surface area contributed by atoms with Crippen LogP contribution in [-0.2, 0) is 11.2 Å². The number of aryl methyl sites for hydroxylation is 1. The van der Waals surface area contributed by atoms with Crippen molar-refractivity contribution in [3.05, 3.63) is 35.4 Å². The summed E-state index contributed by atoms with van der Waals surface area (Å²) in [5.41, 5.74) is 2.66. The van der Waals surface area contributed by atoms with Crippen molar-refractivity contribution < 1.29 is 4.74 Å². The van der Waals surface area contributed by atoms with Crippen LogP contribution in [0.2, 0.25) is 0 Å². The first-order valence-electron chi connectivity index (χ1n) is 6.18. The average molecular weight is 219 g/mol. The number of rotatable bonds is 2. The van der Waals surface area contributed by atoms with Crippen molar-refractivity contribution in [3.8, 4) is 0 Å². The van der Waals surface area contributed by atoms with Gasteiger partial charge < -0.3 is 10.1 Å². The van der Waals surface area contributed by atoms with Gasteiger partial charge in [0, 0.05) is 12.6 Å². The van der Waals surface area contributed by atoms with Crippen LogP contribution >= 0.6 is 0 Å². The zero-order valence-corrected chi connectivity index (χ0v) is 10.4. The first-order chi connectivity index (χ1) is 7.70. The molecule has 0 aromatic heterocycles. The molecule has 0 saturated carbocycles. The molecule has 0 spiro atoms. The van der Waals surface area contributed by atoms with Crippen LogP contribution in [0.5, 0.6) is 0 Å². The summed E-state index contributed by atoms with van der Waals surface area (Å²) >= 11 is 0. The second kappa shape index (κ2) is 4.98. The maximum atomic E-state index is 6.00. The highest BCUT2D eigenvalue weighted by molar-refractivity contribution is 5.24. The van der Waals surface area contributed by atoms with Gasteiger partial charge in [-0.25, -0.2) is 0 Å². The van der Waals surface area contributed by atoms with Gasteiger partial charge in [0.05, 0.1) is 12.2 Å². The molecule has 1 aromatic rings. The molecule has 16 heavy (non-hydrogen) atoms. The van der Waals surface area contributed by atoms with Gasteiger partial charge in [0.15, 0.2) is 0 Å². The molecule has 3 atom stereocenters. The molecule has 88 valence electrons. The fourth-order valence-electron chi connectivity index (χ4n) is 2.05. The summed E-state index contributed by atoms with van der Waals surface area (Å²) in [7, 11) is 0. The van der Waals surface area contributed by atoms with E-state index in [4.69, 9.17) is 4.74 Å². The zero-order chi connectivity index (χ0) is 11.5. The Morgan fingerprint density at radius 2 is 1.94 bits per heavy atom. The Morgan fingerprint density at radius 3 is 2.50 bits per heavy atom. The average Bonchev–Trinajstić information content (AvgIpc) is 2.33. The van der Waals surface area contributed by atoms with E-state index >= 15 is 0 Å². The van der Waals surface area contributed by atoms with Crippen LogP contribution in [0.15, 0.2) is 24.3 Å². The molecule has 1 N–H and O–H groups in total. The minimum absolute atomic E-state index is 0.206. The van der Waals surface area contributed by atoms with E-state index in [2.05, 4.69) is 50.4 Å². The standard InChI is InChI=1S/C14H21NO/c1-4-12-5-7-13(8-6-12)14-9-15-10(2)11(3)16-14/h5-8,10-11,14-15H,4,9H2,1-3H3. The predicted molar refractivity (Wildman–Crippen MR) is 66.6 cm³/mol. The molecule has 1 aliphatic heterocycles. The van der Waals surface area contributed by atoms with E-state index in [1.54, 1.807) is 0 Å². The van der Waals surface area contributed by atoms with Crippen molar-refractivity contribution in [3.63, 3.8) is 0 Å². The van der Waals surface area contributed by atoms with Crippen LogP contribution in [0, 0.1) is 0 Å². The van der Waals surface area contributed by atoms with Crippen LogP contribution in [-0.4, -0.2) is 18.7 Å². The Balaban J connectivity index is 2.06. The molecule has 1 aromatic carbocycles. The van der Waals surface area contributed by atoms with Crippen LogP contribution in [0.1, 0.15) is 38.0 Å². The lowest BCUT2D eigenvalue weighted by molar-refractivity contribution is -0.0508. The van der Waals surface area contributed by atoms with E-state index < -0.39 is 0 Å². The van der Waals surface area contributed by atoms with Gasteiger partial charge in [0.2, 0.25) is 0 Å². The molecule has 0 aliphatic carbocycles. The van der Waals surface area contributed by atoms with E-state index in [-0.39, 0.29) is 12.2 Å². The van der Waals surface area contributed by atoms with Gasteiger partial charge in [-0.05, 0) is 31.4 Å². The topological polar surface area (TPSA) is 21.3 Å². The third kappa shape index (κ3) is 2.45. The smallest absolute Gasteiger partial charge is 0.0953 e. The fourth-order valence-corrected chi connectivity index (χ4v) is 2.05. The van der Waals surface area contributed by atoms with Gasteiger partial charge in [-0.1, -0.05) is 31.2 Å². The van der Waals surface area contributed by atoms with Crippen molar-refractivity contribution in [2.75, 3.05) is 6.54 Å². The third-order valence-electron chi connectivity index (χ3n) is 3.47. The van der Waals surface area contributed by atoms with E-state index in [0.717, 1.165) is 13.0 Å². The molecule has 0 radical (unpaired) electrons. The highest BCUT2D eigenvalue weighted by Gasteiger charge is 2.25. The summed E-state index contributed by atoms with van der Waals surface area (Å²) in [4.78, 5) is 0. The molecule has 2 heteroatoms. The normalized spacial score (nSPS) is 30.3. The summed E-state index contributed by atoms with van der Waals surface area (Å²) in [6.45, 7) is 7.39. The molecule has 1 saturated heterocycles. The minimum Gasteiger partial charge on any atom is -0.368 e. The minimum atomic E-state index is 0.206. The van der Waals surface area contributed by atoms with Crippen LogP contribution < -0.4 is 5.32 Å². The number of nitrogens with one attached hydrogen (secondary N) is 1. The Morgan fingerprint density at radius 1 is 1.25 bits per heavy atom. The SMILES string of the molecule is CCc1ccc(C2CNC(C)C(C)O2)cc1. The first kappa shape index (κ1) is 11.6. The van der Waals surface area contributed by atoms with E-state index in [9.17, 15) is 0 Å². The van der Waals surface area contributed by atoms with Crippen LogP contribution in [0.3, 0.4) is 0 Å². The van der Waals surface area contributed by atoms with Gasteiger partial charge in [-0.2, -0.15) is 0 Å². The number of ether oxygens (including phenoxy) is 1. The predicted octanol–water partition coefficient (Wildman–Crippen LogP) is 2.69. The van der Waals surface area contributed by atoms with Crippen LogP contribution in [0.25, 0.3) is 0 Å². The fraction of sp³-hybridized carbons (Fsp3) is 0.571. The summed E-state index contributed by atoms with van der Waals surface area (Å²) in [6.07, 6.45) is 1.58. The second-order valence-corrected chi connectivity index (χ2v) is 4.62. The quantitative estimate of drug-likeness (QED) is 0.825.